The first-order chi connectivity index (χ1) is 6.11. The molecule has 74 valence electrons. The van der Waals surface area contributed by atoms with E-state index >= 15 is 0 Å². The SMILES string of the molecule is CCCC[C@@H](CC(=O)C(C)=O)N=N. The summed E-state index contributed by atoms with van der Waals surface area (Å²) in [5.41, 5.74) is 6.83. The van der Waals surface area contributed by atoms with Crippen molar-refractivity contribution in [1.82, 2.24) is 0 Å². The Bertz CT molecular complexity index is 202. The fraction of sp³-hybridized carbons (Fsp3) is 0.778. The summed E-state index contributed by atoms with van der Waals surface area (Å²) in [4.78, 5) is 21.6. The van der Waals surface area contributed by atoms with E-state index in [0.717, 1.165) is 19.3 Å². The number of nitrogens with one attached hydrogen (secondary N) is 1. The zero-order valence-corrected chi connectivity index (χ0v) is 8.17. The third-order valence-corrected chi connectivity index (χ3v) is 1.89. The lowest BCUT2D eigenvalue weighted by atomic mass is 10.0. The van der Waals surface area contributed by atoms with Crippen LogP contribution in [0.4, 0.5) is 0 Å². The summed E-state index contributed by atoms with van der Waals surface area (Å²) >= 11 is 0. The van der Waals surface area contributed by atoms with Crippen LogP contribution in [0.15, 0.2) is 5.11 Å². The van der Waals surface area contributed by atoms with Gasteiger partial charge in [0.15, 0.2) is 11.6 Å². The summed E-state index contributed by atoms with van der Waals surface area (Å²) in [6.45, 7) is 3.29. The van der Waals surface area contributed by atoms with E-state index in [2.05, 4.69) is 5.11 Å². The summed E-state index contributed by atoms with van der Waals surface area (Å²) < 4.78 is 0. The van der Waals surface area contributed by atoms with Crippen LogP contribution in [0, 0.1) is 5.53 Å². The zero-order chi connectivity index (χ0) is 10.3. The van der Waals surface area contributed by atoms with Crippen LogP contribution in [-0.4, -0.2) is 17.6 Å². The topological polar surface area (TPSA) is 70.3 Å². The monoisotopic (exact) mass is 184 g/mol. The average Bonchev–Trinajstić information content (AvgIpc) is 2.11. The van der Waals surface area contributed by atoms with Crippen molar-refractivity contribution in [3.05, 3.63) is 0 Å². The van der Waals surface area contributed by atoms with Crippen molar-refractivity contribution in [3.63, 3.8) is 0 Å². The predicted octanol–water partition coefficient (Wildman–Crippen LogP) is 2.12. The minimum atomic E-state index is -0.440. The fourth-order valence-corrected chi connectivity index (χ4v) is 1.01. The summed E-state index contributed by atoms with van der Waals surface area (Å²) in [7, 11) is 0. The Hall–Kier alpha value is -1.06. The second-order valence-electron chi connectivity index (χ2n) is 3.11. The first kappa shape index (κ1) is 11.9. The van der Waals surface area contributed by atoms with Gasteiger partial charge in [-0.2, -0.15) is 5.11 Å². The number of rotatable bonds is 7. The highest BCUT2D eigenvalue weighted by atomic mass is 16.2. The molecule has 0 saturated heterocycles. The van der Waals surface area contributed by atoms with Crippen LogP contribution in [0.2, 0.25) is 0 Å². The number of carbonyl (C=O) groups is 2. The van der Waals surface area contributed by atoms with Crippen LogP contribution in [-0.2, 0) is 9.59 Å². The van der Waals surface area contributed by atoms with Crippen LogP contribution >= 0.6 is 0 Å². The standard InChI is InChI=1S/C9H16N2O2/c1-3-4-5-8(11-10)6-9(13)7(2)12/h8,10H,3-6H2,1-2H3/t8-/m0/s1. The summed E-state index contributed by atoms with van der Waals surface area (Å²) in [5, 5.41) is 3.32. The van der Waals surface area contributed by atoms with Crippen molar-refractivity contribution < 1.29 is 9.59 Å². The smallest absolute Gasteiger partial charge is 0.200 e. The summed E-state index contributed by atoms with van der Waals surface area (Å²) in [5.74, 6) is -0.859. The van der Waals surface area contributed by atoms with Gasteiger partial charge in [-0.3, -0.25) is 9.59 Å². The minimum absolute atomic E-state index is 0.0961. The van der Waals surface area contributed by atoms with Crippen molar-refractivity contribution in [2.24, 2.45) is 5.11 Å². The molecular weight excluding hydrogens is 168 g/mol. The molecule has 0 aliphatic heterocycles. The van der Waals surface area contributed by atoms with Gasteiger partial charge in [-0.15, -0.1) is 0 Å². The molecule has 1 atom stereocenters. The number of nitrogens with zero attached hydrogens (tertiary/aromatic N) is 1. The molecule has 0 fully saturated rings. The maximum absolute atomic E-state index is 11.0. The van der Waals surface area contributed by atoms with Crippen LogP contribution in [0.3, 0.4) is 0 Å². The van der Waals surface area contributed by atoms with Gasteiger partial charge in [0.25, 0.3) is 0 Å². The van der Waals surface area contributed by atoms with Crippen molar-refractivity contribution in [2.45, 2.75) is 45.6 Å². The average molecular weight is 184 g/mol. The van der Waals surface area contributed by atoms with Crippen LogP contribution in [0.5, 0.6) is 0 Å². The van der Waals surface area contributed by atoms with Gasteiger partial charge in [-0.05, 0) is 6.42 Å². The Balaban J connectivity index is 3.90. The van der Waals surface area contributed by atoms with Gasteiger partial charge in [0.1, 0.15) is 0 Å². The van der Waals surface area contributed by atoms with E-state index in [9.17, 15) is 9.59 Å². The van der Waals surface area contributed by atoms with E-state index in [4.69, 9.17) is 5.53 Å². The van der Waals surface area contributed by atoms with Gasteiger partial charge < -0.3 is 0 Å². The molecule has 0 amide bonds. The fourth-order valence-electron chi connectivity index (χ4n) is 1.01. The number of ketones is 2. The van der Waals surface area contributed by atoms with Gasteiger partial charge >= 0.3 is 0 Å². The number of carbonyl (C=O) groups excluding carboxylic acids is 2. The third-order valence-electron chi connectivity index (χ3n) is 1.89. The number of unbranched alkanes of at least 4 members (excludes halogenated alkanes) is 1. The first-order valence-corrected chi connectivity index (χ1v) is 4.52. The van der Waals surface area contributed by atoms with Gasteiger partial charge in [0.05, 0.1) is 6.04 Å². The molecule has 0 bridgehead atoms. The largest absolute Gasteiger partial charge is 0.291 e. The molecule has 0 heterocycles. The lowest BCUT2D eigenvalue weighted by molar-refractivity contribution is -0.135. The zero-order valence-electron chi connectivity index (χ0n) is 8.17. The molecule has 0 unspecified atom stereocenters. The lowest BCUT2D eigenvalue weighted by Gasteiger charge is -2.06. The Kier molecular flexibility index (Phi) is 5.93. The molecule has 4 nitrogen and oxygen atoms in total. The third kappa shape index (κ3) is 5.22. The van der Waals surface area contributed by atoms with E-state index < -0.39 is 11.6 Å². The highest BCUT2D eigenvalue weighted by molar-refractivity contribution is 6.36. The van der Waals surface area contributed by atoms with E-state index in [1.54, 1.807) is 0 Å². The van der Waals surface area contributed by atoms with Gasteiger partial charge in [0.2, 0.25) is 0 Å². The molecule has 0 rings (SSSR count). The van der Waals surface area contributed by atoms with Crippen molar-refractivity contribution in [2.75, 3.05) is 0 Å². The highest BCUT2D eigenvalue weighted by Gasteiger charge is 2.15. The molecule has 0 aromatic rings. The Labute approximate surface area is 78.2 Å². The first-order valence-electron chi connectivity index (χ1n) is 4.52. The van der Waals surface area contributed by atoms with E-state index in [-0.39, 0.29) is 12.5 Å². The molecule has 4 heteroatoms. The van der Waals surface area contributed by atoms with Crippen molar-refractivity contribution >= 4 is 11.6 Å². The molecular formula is C9H16N2O2. The highest BCUT2D eigenvalue weighted by Crippen LogP contribution is 2.09. The summed E-state index contributed by atoms with van der Waals surface area (Å²) in [6, 6.07) is -0.295. The maximum Gasteiger partial charge on any atom is 0.200 e. The summed E-state index contributed by atoms with van der Waals surface area (Å²) in [6.07, 6.45) is 2.77. The molecule has 0 radical (unpaired) electrons. The maximum atomic E-state index is 11.0. The van der Waals surface area contributed by atoms with Gasteiger partial charge in [-0.25, -0.2) is 5.53 Å². The van der Waals surface area contributed by atoms with Crippen LogP contribution < -0.4 is 0 Å². The molecule has 0 saturated carbocycles. The quantitative estimate of drug-likeness (QED) is 0.486. The van der Waals surface area contributed by atoms with Crippen molar-refractivity contribution in [3.8, 4) is 0 Å². The Morgan fingerprint density at radius 2 is 2.08 bits per heavy atom. The molecule has 0 aliphatic rings. The molecule has 13 heavy (non-hydrogen) atoms. The van der Waals surface area contributed by atoms with Crippen LogP contribution in [0.1, 0.15) is 39.5 Å². The van der Waals surface area contributed by atoms with Gasteiger partial charge in [0, 0.05) is 13.3 Å². The van der Waals surface area contributed by atoms with E-state index in [0.29, 0.717) is 0 Å². The second kappa shape index (κ2) is 6.46. The van der Waals surface area contributed by atoms with Gasteiger partial charge in [-0.1, -0.05) is 19.8 Å². The number of hydrogen-bond donors (Lipinski definition) is 1. The normalized spacial score (nSPS) is 12.2. The molecule has 1 N–H and O–H groups in total. The molecule has 0 spiro atoms. The Morgan fingerprint density at radius 3 is 2.46 bits per heavy atom. The minimum Gasteiger partial charge on any atom is -0.291 e. The number of Topliss-reactive ketones (excluding diaryl/α,β-unsaturated/α-hetero) is 2. The molecule has 0 aliphatic carbocycles. The Morgan fingerprint density at radius 1 is 1.46 bits per heavy atom. The van der Waals surface area contributed by atoms with E-state index in [1.165, 1.54) is 6.92 Å². The van der Waals surface area contributed by atoms with Crippen LogP contribution in [0.25, 0.3) is 0 Å². The second-order valence-corrected chi connectivity index (χ2v) is 3.11. The molecule has 0 aromatic heterocycles. The molecule has 0 aromatic carbocycles. The van der Waals surface area contributed by atoms with Crippen molar-refractivity contribution in [1.29, 1.82) is 5.53 Å². The van der Waals surface area contributed by atoms with E-state index in [1.807, 2.05) is 6.92 Å². The number of hydrogen-bond acceptors (Lipinski definition) is 4. The lowest BCUT2D eigenvalue weighted by Crippen LogP contribution is -2.17. The predicted molar refractivity (Wildman–Crippen MR) is 48.8 cm³/mol.